The van der Waals surface area contributed by atoms with Crippen molar-refractivity contribution in [3.63, 3.8) is 0 Å². The highest BCUT2D eigenvalue weighted by Crippen LogP contribution is 2.27. The highest BCUT2D eigenvalue weighted by atomic mass is 35.5. The molecule has 3 N–H and O–H groups in total. The summed E-state index contributed by atoms with van der Waals surface area (Å²) in [6.45, 7) is 3.73. The van der Waals surface area contributed by atoms with Crippen molar-refractivity contribution in [1.82, 2.24) is 10.3 Å². The van der Waals surface area contributed by atoms with Crippen molar-refractivity contribution in [2.24, 2.45) is 0 Å². The molecule has 1 heterocycles. The number of halogens is 1. The summed E-state index contributed by atoms with van der Waals surface area (Å²) in [5.74, 6) is -0.0355. The Morgan fingerprint density at radius 1 is 1.20 bits per heavy atom. The zero-order valence-corrected chi connectivity index (χ0v) is 14.8. The Labute approximate surface area is 150 Å². The summed E-state index contributed by atoms with van der Waals surface area (Å²) in [7, 11) is 1.31. The van der Waals surface area contributed by atoms with Crippen LogP contribution < -0.4 is 16.0 Å². The van der Waals surface area contributed by atoms with Gasteiger partial charge in [-0.1, -0.05) is 11.6 Å². The van der Waals surface area contributed by atoms with Crippen LogP contribution in [0.1, 0.15) is 24.2 Å². The van der Waals surface area contributed by atoms with E-state index < -0.39 is 5.97 Å². The van der Waals surface area contributed by atoms with Gasteiger partial charge in [0.2, 0.25) is 0 Å². The van der Waals surface area contributed by atoms with Crippen molar-refractivity contribution in [2.75, 3.05) is 17.7 Å². The van der Waals surface area contributed by atoms with Crippen molar-refractivity contribution in [1.29, 1.82) is 0 Å². The van der Waals surface area contributed by atoms with Gasteiger partial charge in [0.15, 0.2) is 0 Å². The average molecular weight is 363 g/mol. The summed E-state index contributed by atoms with van der Waals surface area (Å²) in [6, 6.07) is 7.88. The van der Waals surface area contributed by atoms with Crippen LogP contribution in [0.5, 0.6) is 0 Å². The number of pyridine rings is 1. The van der Waals surface area contributed by atoms with Crippen LogP contribution in [0.25, 0.3) is 0 Å². The number of hydrogen-bond donors (Lipinski definition) is 3. The fourth-order valence-corrected chi connectivity index (χ4v) is 2.14. The molecule has 2 rings (SSSR count). The highest BCUT2D eigenvalue weighted by molar-refractivity contribution is 6.33. The normalized spacial score (nSPS) is 10.3. The van der Waals surface area contributed by atoms with Crippen LogP contribution in [0.3, 0.4) is 0 Å². The fourth-order valence-electron chi connectivity index (χ4n) is 1.98. The quantitative estimate of drug-likeness (QED) is 0.703. The largest absolute Gasteiger partial charge is 0.465 e. The fraction of sp³-hybridized carbons (Fsp3) is 0.235. The van der Waals surface area contributed by atoms with E-state index in [0.29, 0.717) is 27.8 Å². The molecule has 2 aromatic rings. The number of rotatable bonds is 5. The molecule has 8 heteroatoms. The Morgan fingerprint density at radius 3 is 2.56 bits per heavy atom. The number of methoxy groups -OCH3 is 1. The van der Waals surface area contributed by atoms with E-state index in [1.54, 1.807) is 36.5 Å². The molecule has 1 aromatic carbocycles. The Kier molecular flexibility index (Phi) is 6.19. The molecule has 0 aliphatic carbocycles. The number of urea groups is 1. The molecule has 0 aliphatic heterocycles. The van der Waals surface area contributed by atoms with Gasteiger partial charge in [-0.3, -0.25) is 5.32 Å². The number of hydrogen-bond acceptors (Lipinski definition) is 5. The van der Waals surface area contributed by atoms with Crippen molar-refractivity contribution in [3.05, 3.63) is 47.1 Å². The van der Waals surface area contributed by atoms with Gasteiger partial charge in [0, 0.05) is 6.04 Å². The molecule has 25 heavy (non-hydrogen) atoms. The molecule has 7 nitrogen and oxygen atoms in total. The molecule has 0 fully saturated rings. The molecular formula is C17H19ClN4O3. The number of carbonyl (C=O) groups is 2. The minimum absolute atomic E-state index is 0.0326. The maximum absolute atomic E-state index is 11.6. The predicted molar refractivity (Wildman–Crippen MR) is 97.6 cm³/mol. The van der Waals surface area contributed by atoms with Gasteiger partial charge in [0.25, 0.3) is 0 Å². The molecule has 0 saturated heterocycles. The van der Waals surface area contributed by atoms with Gasteiger partial charge in [0.05, 0.1) is 35.3 Å². The lowest BCUT2D eigenvalue weighted by molar-refractivity contribution is 0.0601. The maximum atomic E-state index is 11.6. The topological polar surface area (TPSA) is 92.4 Å². The lowest BCUT2D eigenvalue weighted by Gasteiger charge is -2.11. The number of nitrogens with zero attached hydrogens (tertiary/aromatic N) is 1. The lowest BCUT2D eigenvalue weighted by atomic mass is 10.2. The van der Waals surface area contributed by atoms with Gasteiger partial charge in [-0.05, 0) is 44.2 Å². The maximum Gasteiger partial charge on any atom is 0.337 e. The van der Waals surface area contributed by atoms with Gasteiger partial charge < -0.3 is 15.4 Å². The second-order valence-corrected chi connectivity index (χ2v) is 5.90. The molecular weight excluding hydrogens is 344 g/mol. The highest BCUT2D eigenvalue weighted by Gasteiger charge is 2.10. The van der Waals surface area contributed by atoms with Crippen molar-refractivity contribution >= 4 is 40.8 Å². The third-order valence-electron chi connectivity index (χ3n) is 3.09. The van der Waals surface area contributed by atoms with E-state index >= 15 is 0 Å². The molecule has 0 atom stereocenters. The van der Waals surface area contributed by atoms with Gasteiger partial charge >= 0.3 is 12.0 Å². The number of carbonyl (C=O) groups excluding carboxylic acids is 2. The smallest absolute Gasteiger partial charge is 0.337 e. The first-order valence-electron chi connectivity index (χ1n) is 7.57. The predicted octanol–water partition coefficient (Wildman–Crippen LogP) is 3.80. The number of anilines is 3. The number of esters is 1. The van der Waals surface area contributed by atoms with E-state index in [0.717, 1.165) is 0 Å². The summed E-state index contributed by atoms with van der Waals surface area (Å²) in [4.78, 5) is 27.4. The molecule has 1 aromatic heterocycles. The van der Waals surface area contributed by atoms with Crippen molar-refractivity contribution in [3.8, 4) is 0 Å². The summed E-state index contributed by atoms with van der Waals surface area (Å²) in [5, 5.41) is 8.86. The standard InChI is InChI=1S/C17H19ClN4O3/c1-10(2)20-17(24)22-15-7-5-12(9-19-15)21-14-8-11(16(23)25-3)4-6-13(14)18/h4-10,21H,1-3H3,(H2,19,20,22,24). The first-order chi connectivity index (χ1) is 11.9. The Balaban J connectivity index is 2.08. The summed E-state index contributed by atoms with van der Waals surface area (Å²) < 4.78 is 4.69. The van der Waals surface area contributed by atoms with E-state index in [4.69, 9.17) is 16.3 Å². The van der Waals surface area contributed by atoms with Gasteiger partial charge in [-0.15, -0.1) is 0 Å². The number of benzene rings is 1. The molecule has 0 saturated carbocycles. The van der Waals surface area contributed by atoms with Gasteiger partial charge in [0.1, 0.15) is 5.82 Å². The third-order valence-corrected chi connectivity index (χ3v) is 3.42. The van der Waals surface area contributed by atoms with Crippen LogP contribution in [0, 0.1) is 0 Å². The Morgan fingerprint density at radius 2 is 1.96 bits per heavy atom. The van der Waals surface area contributed by atoms with E-state index in [1.807, 2.05) is 13.8 Å². The number of amides is 2. The molecule has 132 valence electrons. The van der Waals surface area contributed by atoms with Crippen LogP contribution in [0.15, 0.2) is 36.5 Å². The first-order valence-corrected chi connectivity index (χ1v) is 7.95. The van der Waals surface area contributed by atoms with E-state index in [1.165, 1.54) is 7.11 Å². The van der Waals surface area contributed by atoms with Crippen molar-refractivity contribution in [2.45, 2.75) is 19.9 Å². The van der Waals surface area contributed by atoms with Gasteiger partial charge in [-0.25, -0.2) is 14.6 Å². The molecule has 2 amide bonds. The minimum Gasteiger partial charge on any atom is -0.465 e. The summed E-state index contributed by atoms with van der Waals surface area (Å²) >= 11 is 6.14. The van der Waals surface area contributed by atoms with Crippen LogP contribution in [0.2, 0.25) is 5.02 Å². The van der Waals surface area contributed by atoms with Gasteiger partial charge in [-0.2, -0.15) is 0 Å². The van der Waals surface area contributed by atoms with Crippen LogP contribution in [-0.4, -0.2) is 30.1 Å². The summed E-state index contributed by atoms with van der Waals surface area (Å²) in [6.07, 6.45) is 1.55. The molecule has 0 unspecified atom stereocenters. The first kappa shape index (κ1) is 18.5. The van der Waals surface area contributed by atoms with E-state index in [2.05, 4.69) is 20.9 Å². The number of ether oxygens (including phenoxy) is 1. The average Bonchev–Trinajstić information content (AvgIpc) is 2.57. The second kappa shape index (κ2) is 8.34. The molecule has 0 radical (unpaired) electrons. The van der Waals surface area contributed by atoms with Crippen LogP contribution in [0.4, 0.5) is 22.0 Å². The minimum atomic E-state index is -0.450. The number of nitrogens with one attached hydrogen (secondary N) is 3. The zero-order valence-electron chi connectivity index (χ0n) is 14.1. The molecule has 0 spiro atoms. The molecule has 0 bridgehead atoms. The second-order valence-electron chi connectivity index (χ2n) is 5.50. The third kappa shape index (κ3) is 5.36. The zero-order chi connectivity index (χ0) is 18.4. The van der Waals surface area contributed by atoms with Crippen LogP contribution in [-0.2, 0) is 4.74 Å². The van der Waals surface area contributed by atoms with E-state index in [-0.39, 0.29) is 12.1 Å². The SMILES string of the molecule is COC(=O)c1ccc(Cl)c(Nc2ccc(NC(=O)NC(C)C)nc2)c1. The lowest BCUT2D eigenvalue weighted by Crippen LogP contribution is -2.34. The van der Waals surface area contributed by atoms with Crippen molar-refractivity contribution < 1.29 is 14.3 Å². The Bertz CT molecular complexity index is 763. The Hall–Kier alpha value is -2.80. The van der Waals surface area contributed by atoms with Crippen LogP contribution >= 0.6 is 11.6 Å². The van der Waals surface area contributed by atoms with E-state index in [9.17, 15) is 9.59 Å². The summed E-state index contributed by atoms with van der Waals surface area (Å²) in [5.41, 5.74) is 1.58. The number of aromatic nitrogens is 1. The monoisotopic (exact) mass is 362 g/mol. The molecule has 0 aliphatic rings.